The quantitative estimate of drug-likeness (QED) is 0.758. The zero-order valence-electron chi connectivity index (χ0n) is 11.9. The van der Waals surface area contributed by atoms with Gasteiger partial charge in [-0.05, 0) is 35.9 Å². The number of carbonyl (C=O) groups excluding carboxylic acids is 3. The monoisotopic (exact) mass is 313 g/mol. The highest BCUT2D eigenvalue weighted by molar-refractivity contribution is 6.22. The lowest BCUT2D eigenvalue weighted by Gasteiger charge is -2.08. The van der Waals surface area contributed by atoms with E-state index < -0.39 is 17.8 Å². The Bertz CT molecular complexity index is 803. The molecule has 3 N–H and O–H groups in total. The first kappa shape index (κ1) is 14.7. The van der Waals surface area contributed by atoms with Crippen LogP contribution in [0.4, 0.5) is 14.9 Å². The number of hydrogen-bond donors (Lipinski definition) is 3. The van der Waals surface area contributed by atoms with Gasteiger partial charge in [-0.1, -0.05) is 12.1 Å². The third-order valence-corrected chi connectivity index (χ3v) is 3.36. The van der Waals surface area contributed by atoms with Gasteiger partial charge in [0.15, 0.2) is 0 Å². The maximum absolute atomic E-state index is 12.8. The van der Waals surface area contributed by atoms with Crippen molar-refractivity contribution in [2.45, 2.75) is 6.54 Å². The largest absolute Gasteiger partial charge is 0.334 e. The molecule has 0 atom stereocenters. The van der Waals surface area contributed by atoms with E-state index in [-0.39, 0.29) is 23.5 Å². The highest BCUT2D eigenvalue weighted by atomic mass is 19.1. The van der Waals surface area contributed by atoms with Crippen LogP contribution in [0.25, 0.3) is 0 Å². The Balaban J connectivity index is 1.62. The fraction of sp³-hybridized carbons (Fsp3) is 0.0625. The van der Waals surface area contributed by atoms with Crippen molar-refractivity contribution in [3.05, 3.63) is 65.0 Å². The molecule has 23 heavy (non-hydrogen) atoms. The second kappa shape index (κ2) is 5.88. The lowest BCUT2D eigenvalue weighted by Crippen LogP contribution is -2.28. The molecule has 0 aliphatic carbocycles. The summed E-state index contributed by atoms with van der Waals surface area (Å²) in [5, 5.41) is 7.36. The number of fused-ring (bicyclic) bond motifs is 1. The first-order valence-corrected chi connectivity index (χ1v) is 6.82. The lowest BCUT2D eigenvalue weighted by molar-refractivity contribution is 0.0879. The summed E-state index contributed by atoms with van der Waals surface area (Å²) in [6.45, 7) is 0.232. The maximum Gasteiger partial charge on any atom is 0.319 e. The van der Waals surface area contributed by atoms with Crippen LogP contribution >= 0.6 is 0 Å². The van der Waals surface area contributed by atoms with E-state index >= 15 is 0 Å². The molecule has 4 amide bonds. The minimum absolute atomic E-state index is 0.228. The van der Waals surface area contributed by atoms with E-state index in [2.05, 4.69) is 16.0 Å². The fourth-order valence-electron chi connectivity index (χ4n) is 2.21. The molecule has 0 aromatic heterocycles. The summed E-state index contributed by atoms with van der Waals surface area (Å²) in [6.07, 6.45) is 0. The maximum atomic E-state index is 12.8. The molecule has 6 nitrogen and oxygen atoms in total. The normalized spacial score (nSPS) is 12.6. The molecule has 0 saturated heterocycles. The van der Waals surface area contributed by atoms with Crippen molar-refractivity contribution in [2.75, 3.05) is 5.32 Å². The van der Waals surface area contributed by atoms with Crippen molar-refractivity contribution in [1.82, 2.24) is 10.6 Å². The minimum atomic E-state index is -0.486. The van der Waals surface area contributed by atoms with Crippen LogP contribution in [0.2, 0.25) is 0 Å². The number of amides is 4. The molecule has 0 radical (unpaired) electrons. The number of hydrogen-bond acceptors (Lipinski definition) is 3. The standard InChI is InChI=1S/C16H12FN3O3/c17-10-3-1-9(2-4-10)8-18-16(23)19-11-5-6-12-13(7-11)15(22)20-14(12)21/h1-7H,8H2,(H2,18,19,23)(H,20,21,22). The zero-order chi connectivity index (χ0) is 16.4. The SMILES string of the molecule is O=C(NCc1ccc(F)cc1)Nc1ccc2c(c1)C(=O)NC2=O. The number of carbonyl (C=O) groups is 3. The van der Waals surface area contributed by atoms with Crippen LogP contribution < -0.4 is 16.0 Å². The smallest absolute Gasteiger partial charge is 0.319 e. The van der Waals surface area contributed by atoms with Crippen molar-refractivity contribution in [2.24, 2.45) is 0 Å². The van der Waals surface area contributed by atoms with Crippen LogP contribution in [-0.2, 0) is 6.54 Å². The molecule has 1 heterocycles. The molecule has 1 aliphatic heterocycles. The molecule has 0 spiro atoms. The van der Waals surface area contributed by atoms with Gasteiger partial charge in [0.05, 0.1) is 11.1 Å². The number of anilines is 1. The summed E-state index contributed by atoms with van der Waals surface area (Å²) in [5.41, 5.74) is 1.66. The molecule has 0 unspecified atom stereocenters. The van der Waals surface area contributed by atoms with E-state index in [1.807, 2.05) is 0 Å². The second-order valence-corrected chi connectivity index (χ2v) is 4.98. The van der Waals surface area contributed by atoms with Gasteiger partial charge in [-0.3, -0.25) is 14.9 Å². The van der Waals surface area contributed by atoms with Gasteiger partial charge in [0.1, 0.15) is 5.82 Å². The van der Waals surface area contributed by atoms with Gasteiger partial charge in [0.2, 0.25) is 0 Å². The summed E-state index contributed by atoms with van der Waals surface area (Å²) < 4.78 is 12.8. The van der Waals surface area contributed by atoms with E-state index in [1.165, 1.54) is 30.3 Å². The van der Waals surface area contributed by atoms with Gasteiger partial charge in [-0.2, -0.15) is 0 Å². The predicted octanol–water partition coefficient (Wildman–Crippen LogP) is 2.03. The van der Waals surface area contributed by atoms with Crippen LogP contribution in [0.15, 0.2) is 42.5 Å². The van der Waals surface area contributed by atoms with Gasteiger partial charge < -0.3 is 10.6 Å². The van der Waals surface area contributed by atoms with Crippen LogP contribution in [0.3, 0.4) is 0 Å². The molecule has 0 fully saturated rings. The number of urea groups is 1. The molecular formula is C16H12FN3O3. The van der Waals surface area contributed by atoms with E-state index in [0.29, 0.717) is 5.69 Å². The van der Waals surface area contributed by atoms with Gasteiger partial charge in [0.25, 0.3) is 11.8 Å². The van der Waals surface area contributed by atoms with Crippen molar-refractivity contribution in [1.29, 1.82) is 0 Å². The molecule has 0 saturated carbocycles. The number of halogens is 1. The molecule has 2 aromatic carbocycles. The Kier molecular flexibility index (Phi) is 3.76. The Hall–Kier alpha value is -3.22. The van der Waals surface area contributed by atoms with E-state index in [9.17, 15) is 18.8 Å². The summed E-state index contributed by atoms with van der Waals surface area (Å²) in [5.74, 6) is -1.28. The van der Waals surface area contributed by atoms with E-state index in [1.54, 1.807) is 12.1 Å². The average molecular weight is 313 g/mol. The number of imide groups is 1. The van der Waals surface area contributed by atoms with Gasteiger partial charge in [-0.15, -0.1) is 0 Å². The average Bonchev–Trinajstić information content (AvgIpc) is 2.81. The lowest BCUT2D eigenvalue weighted by atomic mass is 10.1. The molecule has 7 heteroatoms. The first-order chi connectivity index (χ1) is 11.0. The van der Waals surface area contributed by atoms with E-state index in [0.717, 1.165) is 5.56 Å². The third-order valence-electron chi connectivity index (χ3n) is 3.36. The summed E-state index contributed by atoms with van der Waals surface area (Å²) in [7, 11) is 0. The number of benzene rings is 2. The van der Waals surface area contributed by atoms with Crippen LogP contribution in [0, 0.1) is 5.82 Å². The van der Waals surface area contributed by atoms with Crippen molar-refractivity contribution in [3.63, 3.8) is 0 Å². The summed E-state index contributed by atoms with van der Waals surface area (Å²) >= 11 is 0. The number of nitrogens with one attached hydrogen (secondary N) is 3. The van der Waals surface area contributed by atoms with Crippen LogP contribution in [-0.4, -0.2) is 17.8 Å². The third kappa shape index (κ3) is 3.18. The highest BCUT2D eigenvalue weighted by Crippen LogP contribution is 2.20. The van der Waals surface area contributed by atoms with E-state index in [4.69, 9.17) is 0 Å². The van der Waals surface area contributed by atoms with Crippen molar-refractivity contribution >= 4 is 23.5 Å². The highest BCUT2D eigenvalue weighted by Gasteiger charge is 2.26. The van der Waals surface area contributed by atoms with Gasteiger partial charge in [-0.25, -0.2) is 9.18 Å². The van der Waals surface area contributed by atoms with Gasteiger partial charge in [0, 0.05) is 12.2 Å². The molecule has 2 aromatic rings. The Morgan fingerprint density at radius 1 is 1.00 bits per heavy atom. The predicted molar refractivity (Wildman–Crippen MR) is 80.5 cm³/mol. The molecule has 116 valence electrons. The van der Waals surface area contributed by atoms with Crippen LogP contribution in [0.1, 0.15) is 26.3 Å². The Labute approximate surface area is 130 Å². The summed E-state index contributed by atoms with van der Waals surface area (Å²) in [4.78, 5) is 34.8. The zero-order valence-corrected chi connectivity index (χ0v) is 11.9. The molecule has 3 rings (SSSR count). The Morgan fingerprint density at radius 2 is 1.70 bits per heavy atom. The van der Waals surface area contributed by atoms with Gasteiger partial charge >= 0.3 is 6.03 Å². The number of rotatable bonds is 3. The van der Waals surface area contributed by atoms with Crippen molar-refractivity contribution < 1.29 is 18.8 Å². The van der Waals surface area contributed by atoms with Crippen molar-refractivity contribution in [3.8, 4) is 0 Å². The summed E-state index contributed by atoms with van der Waals surface area (Å²) in [6, 6.07) is 9.74. The molecule has 0 bridgehead atoms. The topological polar surface area (TPSA) is 87.3 Å². The first-order valence-electron chi connectivity index (χ1n) is 6.82. The molecule has 1 aliphatic rings. The Morgan fingerprint density at radius 3 is 2.43 bits per heavy atom. The fourth-order valence-corrected chi connectivity index (χ4v) is 2.21. The second-order valence-electron chi connectivity index (χ2n) is 4.98. The minimum Gasteiger partial charge on any atom is -0.334 e. The molecular weight excluding hydrogens is 301 g/mol. The van der Waals surface area contributed by atoms with Crippen LogP contribution in [0.5, 0.6) is 0 Å².